The number of hydrogen-bond acceptors (Lipinski definition) is 0. The predicted octanol–water partition coefficient (Wildman–Crippen LogP) is 2.30. The molecule has 0 spiro atoms. The molecule has 8 heavy (non-hydrogen) atoms. The highest BCUT2D eigenvalue weighted by Crippen LogP contribution is 2.14. The van der Waals surface area contributed by atoms with Crippen LogP contribution in [-0.4, -0.2) is 0 Å². The summed E-state index contributed by atoms with van der Waals surface area (Å²) in [6.45, 7) is 6.00. The molecule has 0 amide bonds. The Hall–Kier alpha value is -0.780. The van der Waals surface area contributed by atoms with Crippen LogP contribution >= 0.6 is 0 Å². The van der Waals surface area contributed by atoms with Crippen molar-refractivity contribution in [3.8, 4) is 0 Å². The van der Waals surface area contributed by atoms with Crippen LogP contribution in [0, 0.1) is 5.92 Å². The first kappa shape index (κ1) is 5.36. The van der Waals surface area contributed by atoms with Gasteiger partial charge in [0.25, 0.3) is 0 Å². The van der Waals surface area contributed by atoms with E-state index in [1.165, 1.54) is 5.57 Å². The van der Waals surface area contributed by atoms with E-state index in [1.807, 2.05) is 12.2 Å². The average Bonchev–Trinajstić information content (AvgIpc) is 1.77. The molecule has 1 aliphatic rings. The first-order valence-corrected chi connectivity index (χ1v) is 2.84. The Morgan fingerprint density at radius 3 is 2.62 bits per heavy atom. The third-order valence-electron chi connectivity index (χ3n) is 1.41. The first-order valence-electron chi connectivity index (χ1n) is 2.84. The summed E-state index contributed by atoms with van der Waals surface area (Å²) >= 11 is 0. The number of allylic oxidation sites excluding steroid dienone is 5. The zero-order chi connectivity index (χ0) is 5.98. The fourth-order valence-corrected chi connectivity index (χ4v) is 0.685. The summed E-state index contributed by atoms with van der Waals surface area (Å²) in [5.41, 5.74) is 1.20. The fraction of sp³-hybridized carbons (Fsp3) is 0.250. The Morgan fingerprint density at radius 2 is 2.25 bits per heavy atom. The maximum atomic E-state index is 3.86. The molecule has 0 N–H and O–H groups in total. The van der Waals surface area contributed by atoms with Gasteiger partial charge in [0.05, 0.1) is 0 Å². The van der Waals surface area contributed by atoms with Gasteiger partial charge in [0.1, 0.15) is 0 Å². The normalized spacial score (nSPS) is 26.6. The van der Waals surface area contributed by atoms with Gasteiger partial charge < -0.3 is 0 Å². The summed E-state index contributed by atoms with van der Waals surface area (Å²) in [4.78, 5) is 0. The van der Waals surface area contributed by atoms with Gasteiger partial charge in [0, 0.05) is 0 Å². The van der Waals surface area contributed by atoms with Crippen LogP contribution in [-0.2, 0) is 0 Å². The molecule has 0 heterocycles. The molecular formula is C8H10. The topological polar surface area (TPSA) is 0 Å². The van der Waals surface area contributed by atoms with Crippen LogP contribution in [0.4, 0.5) is 0 Å². The Kier molecular flexibility index (Phi) is 1.34. The van der Waals surface area contributed by atoms with Crippen molar-refractivity contribution in [1.82, 2.24) is 0 Å². The lowest BCUT2D eigenvalue weighted by Gasteiger charge is -2.07. The highest BCUT2D eigenvalue weighted by Gasteiger charge is 1.99. The summed E-state index contributed by atoms with van der Waals surface area (Å²) in [5, 5.41) is 0. The van der Waals surface area contributed by atoms with E-state index in [2.05, 4.69) is 25.7 Å². The Labute approximate surface area is 50.2 Å². The minimum absolute atomic E-state index is 0.542. The van der Waals surface area contributed by atoms with Crippen molar-refractivity contribution < 1.29 is 0 Å². The van der Waals surface area contributed by atoms with Crippen molar-refractivity contribution >= 4 is 0 Å². The highest BCUT2D eigenvalue weighted by molar-refractivity contribution is 5.29. The van der Waals surface area contributed by atoms with Crippen LogP contribution < -0.4 is 0 Å². The van der Waals surface area contributed by atoms with Gasteiger partial charge >= 0.3 is 0 Å². The zero-order valence-electron chi connectivity index (χ0n) is 5.09. The molecular weight excluding hydrogens is 96.1 g/mol. The van der Waals surface area contributed by atoms with Crippen LogP contribution in [0.2, 0.25) is 0 Å². The van der Waals surface area contributed by atoms with Gasteiger partial charge in [-0.2, -0.15) is 0 Å². The smallest absolute Gasteiger partial charge is 0.00132 e. The van der Waals surface area contributed by atoms with Crippen molar-refractivity contribution in [2.45, 2.75) is 6.92 Å². The molecule has 1 aliphatic carbocycles. The van der Waals surface area contributed by atoms with Crippen LogP contribution in [0.5, 0.6) is 0 Å². The highest BCUT2D eigenvalue weighted by atomic mass is 14.0. The lowest BCUT2D eigenvalue weighted by atomic mass is 9.99. The van der Waals surface area contributed by atoms with E-state index in [4.69, 9.17) is 0 Å². The Morgan fingerprint density at radius 1 is 1.50 bits per heavy atom. The molecule has 0 aromatic rings. The maximum Gasteiger partial charge on any atom is -0.00132 e. The number of rotatable bonds is 0. The van der Waals surface area contributed by atoms with Crippen molar-refractivity contribution in [2.75, 3.05) is 0 Å². The van der Waals surface area contributed by atoms with Gasteiger partial charge in [-0.05, 0) is 11.5 Å². The number of hydrogen-bond donors (Lipinski definition) is 0. The molecule has 0 saturated carbocycles. The average molecular weight is 106 g/mol. The Bertz CT molecular complexity index is 149. The third kappa shape index (κ3) is 0.890. The van der Waals surface area contributed by atoms with E-state index < -0.39 is 0 Å². The molecule has 0 bridgehead atoms. The van der Waals surface area contributed by atoms with Crippen molar-refractivity contribution in [3.63, 3.8) is 0 Å². The van der Waals surface area contributed by atoms with Gasteiger partial charge in [-0.3, -0.25) is 0 Å². The van der Waals surface area contributed by atoms with Crippen LogP contribution in [0.1, 0.15) is 6.92 Å². The Balaban J connectivity index is 2.74. The van der Waals surface area contributed by atoms with E-state index in [0.29, 0.717) is 5.92 Å². The lowest BCUT2D eigenvalue weighted by Crippen LogP contribution is -1.92. The third-order valence-corrected chi connectivity index (χ3v) is 1.41. The van der Waals surface area contributed by atoms with Crippen LogP contribution in [0.25, 0.3) is 0 Å². The minimum atomic E-state index is 0.542. The molecule has 1 unspecified atom stereocenters. The van der Waals surface area contributed by atoms with Crippen molar-refractivity contribution in [2.24, 2.45) is 5.92 Å². The summed E-state index contributed by atoms with van der Waals surface area (Å²) < 4.78 is 0. The molecule has 0 radical (unpaired) electrons. The molecule has 0 saturated heterocycles. The first-order chi connectivity index (χ1) is 3.80. The summed E-state index contributed by atoms with van der Waals surface area (Å²) in [7, 11) is 0. The van der Waals surface area contributed by atoms with Gasteiger partial charge in [0.2, 0.25) is 0 Å². The summed E-state index contributed by atoms with van der Waals surface area (Å²) in [6.07, 6.45) is 8.26. The van der Waals surface area contributed by atoms with Gasteiger partial charge in [-0.15, -0.1) is 0 Å². The minimum Gasteiger partial charge on any atom is -0.0952 e. The van der Waals surface area contributed by atoms with Crippen molar-refractivity contribution in [1.29, 1.82) is 0 Å². The summed E-state index contributed by atoms with van der Waals surface area (Å²) in [5.74, 6) is 0.542. The standard InChI is InChI=1S/C8H10/c1-7-5-3-4-6-8(7)2/h3-6,8H,1H2,2H3. The van der Waals surface area contributed by atoms with E-state index >= 15 is 0 Å². The molecule has 1 rings (SSSR count). The summed E-state index contributed by atoms with van der Waals surface area (Å²) in [6, 6.07) is 0. The molecule has 0 nitrogen and oxygen atoms in total. The second kappa shape index (κ2) is 1.99. The van der Waals surface area contributed by atoms with Crippen molar-refractivity contribution in [3.05, 3.63) is 36.5 Å². The SMILES string of the molecule is C=C1C=CC=CC1C. The van der Waals surface area contributed by atoms with E-state index in [-0.39, 0.29) is 0 Å². The predicted molar refractivity (Wildman–Crippen MR) is 36.6 cm³/mol. The van der Waals surface area contributed by atoms with Crippen LogP contribution in [0.3, 0.4) is 0 Å². The molecule has 0 aromatic carbocycles. The monoisotopic (exact) mass is 106 g/mol. The van der Waals surface area contributed by atoms with Crippen LogP contribution in [0.15, 0.2) is 36.5 Å². The zero-order valence-corrected chi connectivity index (χ0v) is 5.09. The van der Waals surface area contributed by atoms with E-state index in [0.717, 1.165) is 0 Å². The van der Waals surface area contributed by atoms with Gasteiger partial charge in [0.15, 0.2) is 0 Å². The molecule has 0 aromatic heterocycles. The molecule has 1 atom stereocenters. The largest absolute Gasteiger partial charge is 0.0952 e. The van der Waals surface area contributed by atoms with Gasteiger partial charge in [-0.1, -0.05) is 37.8 Å². The quantitative estimate of drug-likeness (QED) is 0.444. The molecule has 0 heteroatoms. The van der Waals surface area contributed by atoms with Gasteiger partial charge in [-0.25, -0.2) is 0 Å². The molecule has 42 valence electrons. The lowest BCUT2D eigenvalue weighted by molar-refractivity contribution is 0.888. The van der Waals surface area contributed by atoms with E-state index in [9.17, 15) is 0 Å². The second-order valence-electron chi connectivity index (χ2n) is 2.11. The maximum absolute atomic E-state index is 3.86. The molecule has 0 fully saturated rings. The second-order valence-corrected chi connectivity index (χ2v) is 2.11. The van der Waals surface area contributed by atoms with E-state index in [1.54, 1.807) is 0 Å². The molecule has 0 aliphatic heterocycles. The fourth-order valence-electron chi connectivity index (χ4n) is 0.685.